The van der Waals surface area contributed by atoms with Crippen molar-refractivity contribution in [1.29, 1.82) is 0 Å². The topological polar surface area (TPSA) is 55.5 Å². The van der Waals surface area contributed by atoms with Crippen molar-refractivity contribution in [2.75, 3.05) is 13.2 Å². The predicted octanol–water partition coefficient (Wildman–Crippen LogP) is 2.85. The highest BCUT2D eigenvalue weighted by Crippen LogP contribution is 2.52. The van der Waals surface area contributed by atoms with Gasteiger partial charge >= 0.3 is 0 Å². The first-order valence-corrected chi connectivity index (χ1v) is 7.95. The van der Waals surface area contributed by atoms with Gasteiger partial charge in [0.05, 0.1) is 17.8 Å². The van der Waals surface area contributed by atoms with Crippen molar-refractivity contribution in [2.24, 2.45) is 17.1 Å². The molecular formula is C16H31NO2. The lowest BCUT2D eigenvalue weighted by molar-refractivity contribution is -0.208. The van der Waals surface area contributed by atoms with Crippen molar-refractivity contribution < 1.29 is 9.84 Å². The summed E-state index contributed by atoms with van der Waals surface area (Å²) in [5, 5.41) is 11.3. The summed E-state index contributed by atoms with van der Waals surface area (Å²) in [4.78, 5) is 0. The van der Waals surface area contributed by atoms with Crippen molar-refractivity contribution in [1.82, 2.24) is 0 Å². The number of rotatable bonds is 3. The Hall–Kier alpha value is -0.120. The highest BCUT2D eigenvalue weighted by atomic mass is 16.5. The normalized spacial score (nSPS) is 48.2. The van der Waals surface area contributed by atoms with Gasteiger partial charge in [0.1, 0.15) is 0 Å². The molecule has 0 aromatic carbocycles. The van der Waals surface area contributed by atoms with Gasteiger partial charge in [-0.2, -0.15) is 0 Å². The van der Waals surface area contributed by atoms with E-state index in [0.29, 0.717) is 13.2 Å². The Morgan fingerprint density at radius 2 is 1.89 bits per heavy atom. The van der Waals surface area contributed by atoms with Gasteiger partial charge in [-0.05, 0) is 32.1 Å². The summed E-state index contributed by atoms with van der Waals surface area (Å²) in [6.45, 7) is 7.86. The standard InChI is InChI=1S/C16H31NO2/c1-4-14(3)11-16(18,9-10-19-14)15(12-17)7-5-13(2)6-8-15/h13,18H,4-12,17H2,1-3H3. The van der Waals surface area contributed by atoms with E-state index in [0.717, 1.165) is 38.0 Å². The first kappa shape index (κ1) is 15.3. The minimum Gasteiger partial charge on any atom is -0.389 e. The second kappa shape index (κ2) is 5.34. The van der Waals surface area contributed by atoms with Gasteiger partial charge < -0.3 is 15.6 Å². The maximum Gasteiger partial charge on any atom is 0.0765 e. The smallest absolute Gasteiger partial charge is 0.0765 e. The lowest BCUT2D eigenvalue weighted by Crippen LogP contribution is -2.60. The Morgan fingerprint density at radius 1 is 1.26 bits per heavy atom. The van der Waals surface area contributed by atoms with Crippen LogP contribution in [-0.2, 0) is 4.74 Å². The molecule has 0 spiro atoms. The second-order valence-corrected chi connectivity index (χ2v) is 7.28. The fraction of sp³-hybridized carbons (Fsp3) is 1.00. The largest absolute Gasteiger partial charge is 0.389 e. The summed E-state index contributed by atoms with van der Waals surface area (Å²) in [5.74, 6) is 0.778. The van der Waals surface area contributed by atoms with E-state index in [1.807, 2.05) is 0 Å². The average molecular weight is 269 g/mol. The first-order chi connectivity index (χ1) is 8.89. The van der Waals surface area contributed by atoms with Gasteiger partial charge in [0, 0.05) is 24.8 Å². The summed E-state index contributed by atoms with van der Waals surface area (Å²) < 4.78 is 5.91. The van der Waals surface area contributed by atoms with Crippen molar-refractivity contribution in [2.45, 2.75) is 76.9 Å². The summed E-state index contributed by atoms with van der Waals surface area (Å²) in [6.07, 6.45) is 6.97. The molecule has 3 nitrogen and oxygen atoms in total. The molecule has 19 heavy (non-hydrogen) atoms. The number of hydrogen-bond acceptors (Lipinski definition) is 3. The Labute approximate surface area is 117 Å². The molecule has 2 rings (SSSR count). The molecule has 1 saturated carbocycles. The number of nitrogens with two attached hydrogens (primary N) is 1. The van der Waals surface area contributed by atoms with Gasteiger partial charge in [-0.15, -0.1) is 0 Å². The van der Waals surface area contributed by atoms with Gasteiger partial charge in [-0.3, -0.25) is 0 Å². The molecule has 2 aliphatic rings. The molecule has 0 amide bonds. The van der Waals surface area contributed by atoms with Crippen LogP contribution in [0.2, 0.25) is 0 Å². The molecule has 2 atom stereocenters. The van der Waals surface area contributed by atoms with E-state index in [9.17, 15) is 5.11 Å². The van der Waals surface area contributed by atoms with Crippen LogP contribution in [0, 0.1) is 11.3 Å². The van der Waals surface area contributed by atoms with E-state index >= 15 is 0 Å². The predicted molar refractivity (Wildman–Crippen MR) is 78.0 cm³/mol. The Kier molecular flexibility index (Phi) is 4.29. The number of aliphatic hydroxyl groups is 1. The van der Waals surface area contributed by atoms with Crippen LogP contribution in [0.15, 0.2) is 0 Å². The molecule has 0 aromatic rings. The first-order valence-electron chi connectivity index (χ1n) is 7.95. The molecular weight excluding hydrogens is 238 g/mol. The zero-order chi connectivity index (χ0) is 14.1. The average Bonchev–Trinajstić information content (AvgIpc) is 2.39. The highest BCUT2D eigenvalue weighted by molar-refractivity contribution is 5.06. The van der Waals surface area contributed by atoms with Crippen LogP contribution < -0.4 is 5.73 Å². The summed E-state index contributed by atoms with van der Waals surface area (Å²) in [5.41, 5.74) is 5.23. The van der Waals surface area contributed by atoms with Gasteiger partial charge in [0.2, 0.25) is 0 Å². The van der Waals surface area contributed by atoms with Crippen molar-refractivity contribution >= 4 is 0 Å². The minimum atomic E-state index is -0.634. The van der Waals surface area contributed by atoms with E-state index in [-0.39, 0.29) is 11.0 Å². The quantitative estimate of drug-likeness (QED) is 0.828. The molecule has 1 saturated heterocycles. The van der Waals surface area contributed by atoms with Gasteiger partial charge in [0.15, 0.2) is 0 Å². The Balaban J connectivity index is 2.21. The zero-order valence-electron chi connectivity index (χ0n) is 12.9. The summed E-state index contributed by atoms with van der Waals surface area (Å²) in [7, 11) is 0. The summed E-state index contributed by atoms with van der Waals surface area (Å²) in [6, 6.07) is 0. The maximum absolute atomic E-state index is 11.3. The van der Waals surface area contributed by atoms with E-state index in [4.69, 9.17) is 10.5 Å². The van der Waals surface area contributed by atoms with E-state index in [2.05, 4.69) is 20.8 Å². The molecule has 1 heterocycles. The van der Waals surface area contributed by atoms with Crippen LogP contribution in [0.1, 0.15) is 65.7 Å². The fourth-order valence-corrected chi connectivity index (χ4v) is 4.08. The molecule has 2 fully saturated rings. The Bertz CT molecular complexity index is 312. The summed E-state index contributed by atoms with van der Waals surface area (Å²) >= 11 is 0. The van der Waals surface area contributed by atoms with Crippen molar-refractivity contribution in [3.05, 3.63) is 0 Å². The van der Waals surface area contributed by atoms with Gasteiger partial charge in [-0.1, -0.05) is 26.7 Å². The third-order valence-electron chi connectivity index (χ3n) is 5.99. The van der Waals surface area contributed by atoms with Gasteiger partial charge in [0.25, 0.3) is 0 Å². The van der Waals surface area contributed by atoms with E-state index in [1.54, 1.807) is 0 Å². The lowest BCUT2D eigenvalue weighted by Gasteiger charge is -2.55. The third kappa shape index (κ3) is 2.70. The molecule has 1 aliphatic heterocycles. The van der Waals surface area contributed by atoms with E-state index in [1.165, 1.54) is 12.8 Å². The molecule has 0 bridgehead atoms. The van der Waals surface area contributed by atoms with Crippen LogP contribution in [0.3, 0.4) is 0 Å². The van der Waals surface area contributed by atoms with Crippen LogP contribution in [0.5, 0.6) is 0 Å². The molecule has 2 unspecified atom stereocenters. The molecule has 1 aliphatic carbocycles. The number of hydrogen-bond donors (Lipinski definition) is 2. The minimum absolute atomic E-state index is 0.0836. The SMILES string of the molecule is CCC1(C)CC(O)(C2(CN)CCC(C)CC2)CCO1. The van der Waals surface area contributed by atoms with Crippen LogP contribution in [-0.4, -0.2) is 29.5 Å². The molecule has 112 valence electrons. The van der Waals surface area contributed by atoms with Crippen molar-refractivity contribution in [3.8, 4) is 0 Å². The van der Waals surface area contributed by atoms with Crippen LogP contribution in [0.4, 0.5) is 0 Å². The molecule has 3 N–H and O–H groups in total. The Morgan fingerprint density at radius 3 is 2.42 bits per heavy atom. The van der Waals surface area contributed by atoms with Gasteiger partial charge in [-0.25, -0.2) is 0 Å². The monoisotopic (exact) mass is 269 g/mol. The third-order valence-corrected chi connectivity index (χ3v) is 5.99. The van der Waals surface area contributed by atoms with E-state index < -0.39 is 5.60 Å². The van der Waals surface area contributed by atoms with Crippen molar-refractivity contribution in [3.63, 3.8) is 0 Å². The molecule has 3 heteroatoms. The molecule has 0 aromatic heterocycles. The molecule has 0 radical (unpaired) electrons. The van der Waals surface area contributed by atoms with Crippen LogP contribution in [0.25, 0.3) is 0 Å². The number of ether oxygens (including phenoxy) is 1. The highest BCUT2D eigenvalue weighted by Gasteiger charge is 2.54. The fourth-order valence-electron chi connectivity index (χ4n) is 4.08. The zero-order valence-corrected chi connectivity index (χ0v) is 12.9. The van der Waals surface area contributed by atoms with Crippen LogP contribution >= 0.6 is 0 Å². The second-order valence-electron chi connectivity index (χ2n) is 7.28. The maximum atomic E-state index is 11.3. The lowest BCUT2D eigenvalue weighted by atomic mass is 9.57.